The first-order chi connectivity index (χ1) is 5.99. The van der Waals surface area contributed by atoms with Crippen LogP contribution >= 0.6 is 0 Å². The van der Waals surface area contributed by atoms with Crippen LogP contribution in [0.15, 0.2) is 0 Å². The third-order valence-electron chi connectivity index (χ3n) is 1.51. The smallest absolute Gasteiger partial charge is 0.321 e. The van der Waals surface area contributed by atoms with Gasteiger partial charge in [-0.1, -0.05) is 13.8 Å². The number of carbonyl (C=O) groups excluding carboxylic acids is 1. The SMILES string of the molecule is CCOC(=O)C(C)S(=O)CC(C)C. The van der Waals surface area contributed by atoms with Crippen molar-refractivity contribution in [2.75, 3.05) is 12.4 Å². The highest BCUT2D eigenvalue weighted by atomic mass is 32.2. The first-order valence-electron chi connectivity index (χ1n) is 4.52. The zero-order chi connectivity index (χ0) is 10.4. The van der Waals surface area contributed by atoms with Crippen molar-refractivity contribution >= 4 is 16.8 Å². The molecule has 0 spiro atoms. The molecule has 0 saturated carbocycles. The highest BCUT2D eigenvalue weighted by Gasteiger charge is 2.21. The summed E-state index contributed by atoms with van der Waals surface area (Å²) in [6.45, 7) is 7.71. The Bertz CT molecular complexity index is 189. The van der Waals surface area contributed by atoms with Gasteiger partial charge >= 0.3 is 5.97 Å². The van der Waals surface area contributed by atoms with E-state index in [1.165, 1.54) is 0 Å². The fraction of sp³-hybridized carbons (Fsp3) is 0.889. The molecule has 2 atom stereocenters. The third kappa shape index (κ3) is 5.03. The predicted molar refractivity (Wildman–Crippen MR) is 53.9 cm³/mol. The molecule has 13 heavy (non-hydrogen) atoms. The van der Waals surface area contributed by atoms with Crippen LogP contribution in [0.1, 0.15) is 27.7 Å². The van der Waals surface area contributed by atoms with Crippen LogP contribution in [-0.2, 0) is 20.3 Å². The van der Waals surface area contributed by atoms with E-state index < -0.39 is 16.0 Å². The van der Waals surface area contributed by atoms with Crippen molar-refractivity contribution in [1.29, 1.82) is 0 Å². The van der Waals surface area contributed by atoms with E-state index in [0.29, 0.717) is 18.3 Å². The maximum Gasteiger partial charge on any atom is 0.321 e. The Morgan fingerprint density at radius 2 is 1.92 bits per heavy atom. The average Bonchev–Trinajstić information content (AvgIpc) is 2.02. The molecule has 0 fully saturated rings. The number of esters is 1. The molecule has 3 nitrogen and oxygen atoms in total. The first-order valence-corrected chi connectivity index (χ1v) is 5.91. The summed E-state index contributed by atoms with van der Waals surface area (Å²) in [5.74, 6) is 0.541. The molecule has 0 radical (unpaired) electrons. The minimum absolute atomic E-state index is 0.345. The zero-order valence-corrected chi connectivity index (χ0v) is 9.52. The molecule has 78 valence electrons. The summed E-state index contributed by atoms with van der Waals surface area (Å²) in [6, 6.07) is 0. The molecule has 0 heterocycles. The van der Waals surface area contributed by atoms with Crippen LogP contribution in [0.5, 0.6) is 0 Å². The van der Waals surface area contributed by atoms with Gasteiger partial charge in [0.15, 0.2) is 0 Å². The van der Waals surface area contributed by atoms with E-state index in [4.69, 9.17) is 4.74 Å². The molecule has 2 unspecified atom stereocenters. The van der Waals surface area contributed by atoms with E-state index in [1.807, 2.05) is 13.8 Å². The van der Waals surface area contributed by atoms with Gasteiger partial charge in [0, 0.05) is 16.6 Å². The van der Waals surface area contributed by atoms with Gasteiger partial charge in [-0.15, -0.1) is 0 Å². The summed E-state index contributed by atoms with van der Waals surface area (Å²) >= 11 is 0. The fourth-order valence-corrected chi connectivity index (χ4v) is 2.07. The molecular weight excluding hydrogens is 188 g/mol. The van der Waals surface area contributed by atoms with Crippen molar-refractivity contribution in [2.45, 2.75) is 32.9 Å². The van der Waals surface area contributed by atoms with Crippen LogP contribution in [-0.4, -0.2) is 27.8 Å². The summed E-state index contributed by atoms with van der Waals surface area (Å²) in [6.07, 6.45) is 0. The van der Waals surface area contributed by atoms with Gasteiger partial charge in [-0.3, -0.25) is 9.00 Å². The molecule has 0 N–H and O–H groups in total. The second-order valence-electron chi connectivity index (χ2n) is 3.34. The van der Waals surface area contributed by atoms with Crippen LogP contribution in [0.3, 0.4) is 0 Å². The van der Waals surface area contributed by atoms with Crippen molar-refractivity contribution in [1.82, 2.24) is 0 Å². The molecule has 0 rings (SSSR count). The van der Waals surface area contributed by atoms with Crippen molar-refractivity contribution < 1.29 is 13.7 Å². The van der Waals surface area contributed by atoms with Gasteiger partial charge in [0.05, 0.1) is 6.61 Å². The Morgan fingerprint density at radius 3 is 2.31 bits per heavy atom. The van der Waals surface area contributed by atoms with Crippen LogP contribution in [0.25, 0.3) is 0 Å². The molecule has 4 heteroatoms. The van der Waals surface area contributed by atoms with Gasteiger partial charge in [0.1, 0.15) is 5.25 Å². The van der Waals surface area contributed by atoms with Gasteiger partial charge in [-0.05, 0) is 19.8 Å². The second kappa shape index (κ2) is 6.13. The van der Waals surface area contributed by atoms with Crippen molar-refractivity contribution in [3.05, 3.63) is 0 Å². The maximum absolute atomic E-state index is 11.5. The minimum atomic E-state index is -1.10. The Kier molecular flexibility index (Phi) is 5.95. The Morgan fingerprint density at radius 1 is 1.38 bits per heavy atom. The summed E-state index contributed by atoms with van der Waals surface area (Å²) in [7, 11) is -1.10. The fourth-order valence-electron chi connectivity index (χ4n) is 0.840. The molecule has 0 bridgehead atoms. The Labute approximate surface area is 82.3 Å². The number of rotatable bonds is 5. The second-order valence-corrected chi connectivity index (χ2v) is 5.14. The topological polar surface area (TPSA) is 43.4 Å². The van der Waals surface area contributed by atoms with Crippen molar-refractivity contribution in [3.63, 3.8) is 0 Å². The Balaban J connectivity index is 4.01. The average molecular weight is 206 g/mol. The minimum Gasteiger partial charge on any atom is -0.465 e. The number of hydrogen-bond donors (Lipinski definition) is 0. The summed E-state index contributed by atoms with van der Waals surface area (Å²) < 4.78 is 16.3. The van der Waals surface area contributed by atoms with E-state index in [2.05, 4.69) is 0 Å². The van der Waals surface area contributed by atoms with E-state index in [1.54, 1.807) is 13.8 Å². The molecule has 0 aliphatic rings. The molecule has 0 aromatic heterocycles. The summed E-state index contributed by atoms with van der Waals surface area (Å²) in [4.78, 5) is 11.2. The lowest BCUT2D eigenvalue weighted by Crippen LogP contribution is -2.27. The molecule has 0 aromatic carbocycles. The van der Waals surface area contributed by atoms with Gasteiger partial charge in [-0.2, -0.15) is 0 Å². The zero-order valence-electron chi connectivity index (χ0n) is 8.70. The maximum atomic E-state index is 11.5. The number of carbonyl (C=O) groups is 1. The Hall–Kier alpha value is -0.380. The van der Waals surface area contributed by atoms with E-state index >= 15 is 0 Å². The van der Waals surface area contributed by atoms with Gasteiger partial charge in [0.2, 0.25) is 0 Å². The monoisotopic (exact) mass is 206 g/mol. The van der Waals surface area contributed by atoms with Gasteiger partial charge in [0.25, 0.3) is 0 Å². The third-order valence-corrected chi connectivity index (χ3v) is 3.49. The number of hydrogen-bond acceptors (Lipinski definition) is 3. The molecule has 0 aromatic rings. The molecule has 0 saturated heterocycles. The molecular formula is C9H18O3S. The van der Waals surface area contributed by atoms with Gasteiger partial charge < -0.3 is 4.74 Å². The predicted octanol–water partition coefficient (Wildman–Crippen LogP) is 1.34. The quantitative estimate of drug-likeness (QED) is 0.638. The first kappa shape index (κ1) is 12.6. The molecule has 0 aliphatic carbocycles. The summed E-state index contributed by atoms with van der Waals surface area (Å²) in [5, 5.41) is -0.498. The largest absolute Gasteiger partial charge is 0.465 e. The highest BCUT2D eigenvalue weighted by Crippen LogP contribution is 2.04. The lowest BCUT2D eigenvalue weighted by molar-refractivity contribution is -0.142. The number of ether oxygens (including phenoxy) is 1. The van der Waals surface area contributed by atoms with Gasteiger partial charge in [-0.25, -0.2) is 0 Å². The standard InChI is InChI=1S/C9H18O3S/c1-5-12-9(10)8(4)13(11)6-7(2)3/h7-8H,5-6H2,1-4H3. The van der Waals surface area contributed by atoms with Crippen LogP contribution in [0.2, 0.25) is 0 Å². The van der Waals surface area contributed by atoms with Crippen LogP contribution < -0.4 is 0 Å². The van der Waals surface area contributed by atoms with Crippen LogP contribution in [0.4, 0.5) is 0 Å². The van der Waals surface area contributed by atoms with Crippen LogP contribution in [0, 0.1) is 5.92 Å². The van der Waals surface area contributed by atoms with E-state index in [-0.39, 0.29) is 5.97 Å². The van der Waals surface area contributed by atoms with Crippen molar-refractivity contribution in [3.8, 4) is 0 Å². The molecule has 0 amide bonds. The highest BCUT2D eigenvalue weighted by molar-refractivity contribution is 7.86. The lowest BCUT2D eigenvalue weighted by Gasteiger charge is -2.11. The van der Waals surface area contributed by atoms with Crippen molar-refractivity contribution in [2.24, 2.45) is 5.92 Å². The molecule has 0 aliphatic heterocycles. The summed E-state index contributed by atoms with van der Waals surface area (Å²) in [5.41, 5.74) is 0. The van der Waals surface area contributed by atoms with E-state index in [9.17, 15) is 9.00 Å². The van der Waals surface area contributed by atoms with E-state index in [0.717, 1.165) is 0 Å². The lowest BCUT2D eigenvalue weighted by atomic mass is 10.3. The normalized spacial score (nSPS) is 15.5.